The lowest BCUT2D eigenvalue weighted by Crippen LogP contribution is -2.37. The van der Waals surface area contributed by atoms with Gasteiger partial charge in [0.25, 0.3) is 5.89 Å². The maximum atomic E-state index is 6.23. The molecule has 0 saturated carbocycles. The highest BCUT2D eigenvalue weighted by Crippen LogP contribution is 2.28. The molecule has 2 atom stereocenters. The summed E-state index contributed by atoms with van der Waals surface area (Å²) in [5.74, 6) is 2.09. The molecule has 0 aliphatic carbocycles. The van der Waals surface area contributed by atoms with Gasteiger partial charge in [-0.05, 0) is 57.2 Å². The largest absolute Gasteiger partial charge is 0.365 e. The second kappa shape index (κ2) is 9.95. The summed E-state index contributed by atoms with van der Waals surface area (Å²) in [6, 6.07) is 8.92. The standard InChI is InChI=1S/C23H31N5O3S/c1-6-32(5)19-9-7-17(8-10-19)21-24-22(30-27-21)16(4)29-18-11-13-28(14-12-18)23-25-20(15(2)3)26-31-23/h6-10,15-16,18H,11-14H2,1-5H3/t16-,32?/m1/s1. The highest BCUT2D eigenvalue weighted by molar-refractivity contribution is 8.14. The van der Waals surface area contributed by atoms with Gasteiger partial charge < -0.3 is 18.7 Å². The molecule has 1 aliphatic rings. The summed E-state index contributed by atoms with van der Waals surface area (Å²) in [6.45, 7) is 9.78. The van der Waals surface area contributed by atoms with Gasteiger partial charge in [-0.3, -0.25) is 0 Å². The maximum Gasteiger partial charge on any atom is 0.324 e. The predicted molar refractivity (Wildman–Crippen MR) is 126 cm³/mol. The van der Waals surface area contributed by atoms with Crippen LogP contribution in [0.5, 0.6) is 0 Å². The van der Waals surface area contributed by atoms with Gasteiger partial charge in [-0.15, -0.1) is 0 Å². The van der Waals surface area contributed by atoms with Crippen LogP contribution in [0.15, 0.2) is 38.2 Å². The monoisotopic (exact) mass is 457 g/mol. The number of hydrogen-bond acceptors (Lipinski definition) is 8. The summed E-state index contributed by atoms with van der Waals surface area (Å²) in [5.41, 5.74) is 0.942. The van der Waals surface area contributed by atoms with Crippen molar-refractivity contribution in [1.82, 2.24) is 20.3 Å². The fraction of sp³-hybridized carbons (Fsp3) is 0.522. The minimum atomic E-state index is -0.265. The zero-order valence-corrected chi connectivity index (χ0v) is 20.1. The van der Waals surface area contributed by atoms with Gasteiger partial charge in [-0.1, -0.05) is 29.5 Å². The van der Waals surface area contributed by atoms with Crippen molar-refractivity contribution in [2.75, 3.05) is 24.2 Å². The van der Waals surface area contributed by atoms with Gasteiger partial charge in [0.1, 0.15) is 6.10 Å². The lowest BCUT2D eigenvalue weighted by atomic mass is 10.1. The number of anilines is 1. The molecule has 8 nitrogen and oxygen atoms in total. The molecule has 9 heteroatoms. The molecule has 4 rings (SSSR count). The molecule has 32 heavy (non-hydrogen) atoms. The third-order valence-corrected chi connectivity index (χ3v) is 7.41. The van der Waals surface area contributed by atoms with E-state index in [2.05, 4.69) is 69.7 Å². The average molecular weight is 458 g/mol. The summed E-state index contributed by atoms with van der Waals surface area (Å²) in [7, 11) is 0.146. The Balaban J connectivity index is 1.32. The first kappa shape index (κ1) is 22.7. The first-order chi connectivity index (χ1) is 15.4. The van der Waals surface area contributed by atoms with Gasteiger partial charge in [0.15, 0.2) is 5.82 Å². The Morgan fingerprint density at radius 2 is 1.78 bits per heavy atom. The second-order valence-electron chi connectivity index (χ2n) is 8.33. The van der Waals surface area contributed by atoms with E-state index in [9.17, 15) is 0 Å². The normalized spacial score (nSPS) is 17.2. The molecular formula is C23H31N5O3S. The Kier molecular flexibility index (Phi) is 7.05. The summed E-state index contributed by atoms with van der Waals surface area (Å²) in [6.07, 6.45) is 3.81. The van der Waals surface area contributed by atoms with Crippen molar-refractivity contribution < 1.29 is 13.8 Å². The van der Waals surface area contributed by atoms with Crippen LogP contribution >= 0.6 is 10.5 Å². The van der Waals surface area contributed by atoms with Crippen molar-refractivity contribution in [2.24, 2.45) is 0 Å². The van der Waals surface area contributed by atoms with E-state index in [0.29, 0.717) is 17.7 Å². The average Bonchev–Trinajstić information content (AvgIpc) is 3.50. The second-order valence-corrected chi connectivity index (χ2v) is 10.4. The van der Waals surface area contributed by atoms with Crippen LogP contribution in [-0.2, 0) is 4.74 Å². The van der Waals surface area contributed by atoms with Crippen LogP contribution in [0.1, 0.15) is 64.3 Å². The molecule has 1 fully saturated rings. The first-order valence-corrected chi connectivity index (χ1v) is 12.8. The topological polar surface area (TPSA) is 90.3 Å². The van der Waals surface area contributed by atoms with E-state index in [1.54, 1.807) is 0 Å². The van der Waals surface area contributed by atoms with E-state index in [-0.39, 0.29) is 28.6 Å². The predicted octanol–water partition coefficient (Wildman–Crippen LogP) is 5.07. The number of hydrogen-bond donors (Lipinski definition) is 0. The van der Waals surface area contributed by atoms with E-state index < -0.39 is 0 Å². The molecule has 2 aromatic heterocycles. The van der Waals surface area contributed by atoms with E-state index in [1.807, 2.05) is 19.1 Å². The Hall–Kier alpha value is -2.52. The summed E-state index contributed by atoms with van der Waals surface area (Å²) in [4.78, 5) is 12.5. The minimum absolute atomic E-state index is 0.121. The van der Waals surface area contributed by atoms with Crippen molar-refractivity contribution in [3.05, 3.63) is 36.0 Å². The summed E-state index contributed by atoms with van der Waals surface area (Å²) in [5, 5.41) is 10.4. The van der Waals surface area contributed by atoms with Crippen molar-refractivity contribution >= 4 is 21.9 Å². The Morgan fingerprint density at radius 1 is 1.06 bits per heavy atom. The number of benzene rings is 1. The van der Waals surface area contributed by atoms with Crippen molar-refractivity contribution in [1.29, 1.82) is 0 Å². The molecule has 3 aromatic rings. The smallest absolute Gasteiger partial charge is 0.324 e. The Morgan fingerprint density at radius 3 is 2.41 bits per heavy atom. The third-order valence-electron chi connectivity index (χ3n) is 5.68. The highest BCUT2D eigenvalue weighted by Gasteiger charge is 2.27. The van der Waals surface area contributed by atoms with Gasteiger partial charge in [0, 0.05) is 29.5 Å². The van der Waals surface area contributed by atoms with Crippen LogP contribution in [0.4, 0.5) is 6.01 Å². The van der Waals surface area contributed by atoms with Gasteiger partial charge in [0.05, 0.1) is 6.10 Å². The van der Waals surface area contributed by atoms with Gasteiger partial charge in [-0.25, -0.2) is 0 Å². The van der Waals surface area contributed by atoms with Crippen LogP contribution in [0, 0.1) is 0 Å². The lowest BCUT2D eigenvalue weighted by Gasteiger charge is -2.31. The van der Waals surface area contributed by atoms with Crippen molar-refractivity contribution in [3.63, 3.8) is 0 Å². The molecule has 1 aliphatic heterocycles. The summed E-state index contributed by atoms with van der Waals surface area (Å²) < 4.78 is 17.1. The van der Waals surface area contributed by atoms with Crippen LogP contribution < -0.4 is 4.90 Å². The Labute approximate surface area is 191 Å². The zero-order chi connectivity index (χ0) is 22.7. The van der Waals surface area contributed by atoms with Crippen LogP contribution in [0.3, 0.4) is 0 Å². The van der Waals surface area contributed by atoms with Crippen LogP contribution in [-0.4, -0.2) is 51.1 Å². The highest BCUT2D eigenvalue weighted by atomic mass is 32.2. The van der Waals surface area contributed by atoms with E-state index in [4.69, 9.17) is 13.8 Å². The number of nitrogens with zero attached hydrogens (tertiary/aromatic N) is 5. The quantitative estimate of drug-likeness (QED) is 0.454. The zero-order valence-electron chi connectivity index (χ0n) is 19.3. The van der Waals surface area contributed by atoms with E-state index in [0.717, 1.165) is 37.3 Å². The lowest BCUT2D eigenvalue weighted by molar-refractivity contribution is -0.0303. The van der Waals surface area contributed by atoms with Gasteiger partial charge in [-0.2, -0.15) is 20.5 Å². The molecule has 0 spiro atoms. The molecule has 0 amide bonds. The molecule has 0 radical (unpaired) electrons. The van der Waals surface area contributed by atoms with Gasteiger partial charge in [0.2, 0.25) is 5.82 Å². The van der Waals surface area contributed by atoms with Crippen molar-refractivity contribution in [2.45, 2.75) is 63.6 Å². The number of piperidine rings is 1. The maximum absolute atomic E-state index is 6.23. The molecule has 1 unspecified atom stereocenters. The molecular weight excluding hydrogens is 426 g/mol. The van der Waals surface area contributed by atoms with Crippen LogP contribution in [0.2, 0.25) is 0 Å². The summed E-state index contributed by atoms with van der Waals surface area (Å²) >= 11 is 0. The fourth-order valence-corrected chi connectivity index (χ4v) is 4.43. The van der Waals surface area contributed by atoms with Gasteiger partial charge >= 0.3 is 6.01 Å². The van der Waals surface area contributed by atoms with E-state index >= 15 is 0 Å². The van der Waals surface area contributed by atoms with Crippen molar-refractivity contribution in [3.8, 4) is 11.4 Å². The molecule has 1 aromatic carbocycles. The molecule has 0 N–H and O–H groups in total. The molecule has 0 bridgehead atoms. The Bertz CT molecular complexity index is 1050. The minimum Gasteiger partial charge on any atom is -0.365 e. The third kappa shape index (κ3) is 5.10. The molecule has 3 heterocycles. The molecule has 172 valence electrons. The fourth-order valence-electron chi connectivity index (χ4n) is 3.59. The van der Waals surface area contributed by atoms with E-state index in [1.165, 1.54) is 4.90 Å². The van der Waals surface area contributed by atoms with Crippen LogP contribution in [0.25, 0.3) is 11.4 Å². The number of rotatable bonds is 7. The molecule has 1 saturated heterocycles. The number of ether oxygens (including phenoxy) is 1. The SMILES string of the molecule is C/C=S(\C)c1ccc(-c2noc([C@@H](C)OC3CCN(c4nc(C(C)C)no4)CC3)n2)cc1. The number of aromatic nitrogens is 4. The first-order valence-electron chi connectivity index (χ1n) is 11.1.